The highest BCUT2D eigenvalue weighted by Gasteiger charge is 2.48. The van der Waals surface area contributed by atoms with E-state index in [1.807, 2.05) is 0 Å². The van der Waals surface area contributed by atoms with Crippen molar-refractivity contribution >= 4 is 41.0 Å². The number of carbonyl (C=O) groups is 3. The van der Waals surface area contributed by atoms with Crippen LogP contribution in [0.3, 0.4) is 0 Å². The molecule has 2 atom stereocenters. The third-order valence-corrected chi connectivity index (χ3v) is 6.30. The Bertz CT molecular complexity index is 1300. The zero-order valence-corrected chi connectivity index (χ0v) is 22.2. The number of hydrogen-bond donors (Lipinski definition) is 5. The van der Waals surface area contributed by atoms with Crippen LogP contribution in [0.1, 0.15) is 47.8 Å². The maximum absolute atomic E-state index is 13.6. The first-order valence-electron chi connectivity index (χ1n) is 12.0. The van der Waals surface area contributed by atoms with E-state index >= 15 is 0 Å². The summed E-state index contributed by atoms with van der Waals surface area (Å²) in [4.78, 5) is 44.6. The molecule has 1 aliphatic heterocycles. The SMILES string of the molecule is CC(C)(c1cc(Cl)cc([C@H](CC(=O)O)NC(=O)CNC(=O)c2cncc(NC3=NCC(F)CN3)c2)c1)C(F)(F)F. The molecular weight excluding hydrogens is 560 g/mol. The third kappa shape index (κ3) is 8.04. The smallest absolute Gasteiger partial charge is 0.397 e. The molecule has 0 bridgehead atoms. The van der Waals surface area contributed by atoms with Crippen molar-refractivity contribution < 1.29 is 37.1 Å². The van der Waals surface area contributed by atoms with E-state index in [-0.39, 0.29) is 34.8 Å². The molecule has 15 heteroatoms. The molecule has 1 unspecified atom stereocenters. The van der Waals surface area contributed by atoms with E-state index in [0.29, 0.717) is 11.6 Å². The minimum absolute atomic E-state index is 0.0164. The van der Waals surface area contributed by atoms with Gasteiger partial charge in [-0.2, -0.15) is 13.2 Å². The first kappa shape index (κ1) is 30.6. The lowest BCUT2D eigenvalue weighted by atomic mass is 9.82. The first-order valence-corrected chi connectivity index (χ1v) is 12.3. The number of rotatable bonds is 9. The van der Waals surface area contributed by atoms with Crippen molar-refractivity contribution in [1.82, 2.24) is 20.9 Å². The number of carboxylic acid groups (broad SMARTS) is 1. The van der Waals surface area contributed by atoms with Gasteiger partial charge in [-0.05, 0) is 43.2 Å². The lowest BCUT2D eigenvalue weighted by molar-refractivity contribution is -0.180. The van der Waals surface area contributed by atoms with Gasteiger partial charge in [-0.15, -0.1) is 0 Å². The van der Waals surface area contributed by atoms with Crippen LogP contribution in [-0.2, 0) is 15.0 Å². The minimum atomic E-state index is -4.62. The van der Waals surface area contributed by atoms with Gasteiger partial charge >= 0.3 is 12.1 Å². The van der Waals surface area contributed by atoms with Crippen LogP contribution in [0.2, 0.25) is 5.02 Å². The van der Waals surface area contributed by atoms with Crippen LogP contribution < -0.4 is 21.3 Å². The molecule has 0 saturated carbocycles. The van der Waals surface area contributed by atoms with Crippen LogP contribution in [0.15, 0.2) is 41.7 Å². The van der Waals surface area contributed by atoms with Crippen molar-refractivity contribution in [3.8, 4) is 0 Å². The number of carbonyl (C=O) groups excluding carboxylic acids is 2. The average Bonchev–Trinajstić information content (AvgIpc) is 2.87. The molecule has 40 heavy (non-hydrogen) atoms. The van der Waals surface area contributed by atoms with Gasteiger partial charge in [0.05, 0.1) is 55.0 Å². The topological polar surface area (TPSA) is 145 Å². The van der Waals surface area contributed by atoms with Crippen LogP contribution in [0, 0.1) is 0 Å². The van der Waals surface area contributed by atoms with E-state index in [4.69, 9.17) is 11.6 Å². The van der Waals surface area contributed by atoms with Gasteiger partial charge < -0.3 is 26.4 Å². The Labute approximate surface area is 231 Å². The van der Waals surface area contributed by atoms with Crippen molar-refractivity contribution in [3.05, 3.63) is 58.4 Å². The number of carboxylic acids is 1. The fourth-order valence-electron chi connectivity index (χ4n) is 3.64. The highest BCUT2D eigenvalue weighted by Crippen LogP contribution is 2.42. The molecule has 0 saturated heterocycles. The Kier molecular flexibility index (Phi) is 9.56. The molecule has 0 aliphatic carbocycles. The number of hydrogen-bond acceptors (Lipinski definition) is 7. The fourth-order valence-corrected chi connectivity index (χ4v) is 3.89. The molecule has 1 aromatic heterocycles. The van der Waals surface area contributed by atoms with Gasteiger partial charge in [0.2, 0.25) is 5.91 Å². The molecule has 2 amide bonds. The van der Waals surface area contributed by atoms with Gasteiger partial charge in [0.25, 0.3) is 5.91 Å². The Hall–Kier alpha value is -3.94. The number of pyridine rings is 1. The van der Waals surface area contributed by atoms with E-state index in [1.165, 1.54) is 24.5 Å². The van der Waals surface area contributed by atoms with Gasteiger partial charge in [-0.25, -0.2) is 9.38 Å². The second kappa shape index (κ2) is 12.5. The summed E-state index contributed by atoms with van der Waals surface area (Å²) in [7, 11) is 0. The normalized spacial score (nSPS) is 16.3. The van der Waals surface area contributed by atoms with E-state index in [9.17, 15) is 37.1 Å². The highest BCUT2D eigenvalue weighted by molar-refractivity contribution is 6.30. The van der Waals surface area contributed by atoms with Crippen molar-refractivity contribution in [2.45, 2.75) is 44.1 Å². The number of aliphatic imine (C=N–C) groups is 1. The van der Waals surface area contributed by atoms with Crippen LogP contribution >= 0.6 is 11.6 Å². The minimum Gasteiger partial charge on any atom is -0.481 e. The number of nitrogens with zero attached hydrogens (tertiary/aromatic N) is 2. The molecule has 0 radical (unpaired) electrons. The predicted molar refractivity (Wildman–Crippen MR) is 139 cm³/mol. The largest absolute Gasteiger partial charge is 0.481 e. The molecule has 3 rings (SSSR count). The maximum Gasteiger partial charge on any atom is 0.397 e. The zero-order valence-electron chi connectivity index (χ0n) is 21.4. The van der Waals surface area contributed by atoms with Crippen LogP contribution in [-0.4, -0.2) is 65.8 Å². The first-order chi connectivity index (χ1) is 18.7. The number of aromatic nitrogens is 1. The zero-order chi connectivity index (χ0) is 29.7. The van der Waals surface area contributed by atoms with E-state index in [1.54, 1.807) is 0 Å². The van der Waals surface area contributed by atoms with E-state index in [0.717, 1.165) is 26.0 Å². The third-order valence-electron chi connectivity index (χ3n) is 6.08. The number of aliphatic carboxylic acids is 1. The Balaban J connectivity index is 1.68. The van der Waals surface area contributed by atoms with Crippen LogP contribution in [0.25, 0.3) is 0 Å². The van der Waals surface area contributed by atoms with Crippen LogP contribution in [0.5, 0.6) is 0 Å². The number of halogens is 5. The summed E-state index contributed by atoms with van der Waals surface area (Å²) in [6.07, 6.45) is -3.72. The standard InChI is InChI=1S/C25H27ClF4N6O4/c1-24(2,25(28,29)30)15-3-13(4-16(26)6-15)19(7-21(38)39)36-20(37)12-32-22(40)14-5-18(11-31-8-14)35-23-33-9-17(27)10-34-23/h3-6,8,11,17,19H,7,9-10,12H2,1-2H3,(H,32,40)(H,36,37)(H,38,39)(H2,33,34,35)/t19-/m0/s1. The van der Waals surface area contributed by atoms with Crippen molar-refractivity contribution in [1.29, 1.82) is 0 Å². The molecule has 10 nitrogen and oxygen atoms in total. The molecule has 2 aromatic rings. The molecule has 2 heterocycles. The Morgan fingerprint density at radius 2 is 1.90 bits per heavy atom. The number of nitrogens with one attached hydrogen (secondary N) is 4. The molecule has 5 N–H and O–H groups in total. The summed E-state index contributed by atoms with van der Waals surface area (Å²) in [6, 6.07) is 3.74. The number of benzene rings is 1. The van der Waals surface area contributed by atoms with E-state index in [2.05, 4.69) is 31.2 Å². The summed E-state index contributed by atoms with van der Waals surface area (Å²) in [5.74, 6) is -2.49. The summed E-state index contributed by atoms with van der Waals surface area (Å²) in [5, 5.41) is 19.7. The molecular formula is C25H27ClF4N6O4. The van der Waals surface area contributed by atoms with E-state index < -0.39 is 54.6 Å². The summed E-state index contributed by atoms with van der Waals surface area (Å²) in [5.41, 5.74) is -2.00. The van der Waals surface area contributed by atoms with Gasteiger partial charge in [0.15, 0.2) is 5.96 Å². The van der Waals surface area contributed by atoms with Gasteiger partial charge in [-0.3, -0.25) is 19.4 Å². The Morgan fingerprint density at radius 3 is 2.52 bits per heavy atom. The maximum atomic E-state index is 13.6. The average molecular weight is 587 g/mol. The second-order valence-corrected chi connectivity index (χ2v) is 9.99. The lowest BCUT2D eigenvalue weighted by Crippen LogP contribution is -2.41. The molecule has 1 aliphatic rings. The van der Waals surface area contributed by atoms with Gasteiger partial charge in [-0.1, -0.05) is 17.7 Å². The summed E-state index contributed by atoms with van der Waals surface area (Å²) >= 11 is 6.05. The van der Waals surface area contributed by atoms with Crippen molar-refractivity contribution in [3.63, 3.8) is 0 Å². The molecule has 216 valence electrons. The van der Waals surface area contributed by atoms with Gasteiger partial charge in [0, 0.05) is 11.2 Å². The number of guanidine groups is 1. The molecule has 1 aromatic carbocycles. The van der Waals surface area contributed by atoms with Crippen LogP contribution in [0.4, 0.5) is 23.2 Å². The Morgan fingerprint density at radius 1 is 1.18 bits per heavy atom. The number of alkyl halides is 4. The summed E-state index contributed by atoms with van der Waals surface area (Å²) in [6.45, 7) is 1.41. The second-order valence-electron chi connectivity index (χ2n) is 9.55. The lowest BCUT2D eigenvalue weighted by Gasteiger charge is -2.29. The number of anilines is 1. The molecule has 0 fully saturated rings. The number of amides is 2. The summed E-state index contributed by atoms with van der Waals surface area (Å²) < 4.78 is 54.0. The van der Waals surface area contributed by atoms with Crippen molar-refractivity contribution in [2.75, 3.05) is 25.0 Å². The quantitative estimate of drug-likeness (QED) is 0.283. The van der Waals surface area contributed by atoms with Crippen molar-refractivity contribution in [2.24, 2.45) is 4.99 Å². The highest BCUT2D eigenvalue weighted by atomic mass is 35.5. The predicted octanol–water partition coefficient (Wildman–Crippen LogP) is 3.35. The molecule has 0 spiro atoms. The fraction of sp³-hybridized carbons (Fsp3) is 0.400. The van der Waals surface area contributed by atoms with Gasteiger partial charge in [0.1, 0.15) is 6.17 Å². The monoisotopic (exact) mass is 586 g/mol.